The van der Waals surface area contributed by atoms with Crippen molar-refractivity contribution in [2.75, 3.05) is 26.2 Å². The fraction of sp³-hybridized carbons (Fsp3) is 0.706. The molecule has 7 heteroatoms. The van der Waals surface area contributed by atoms with E-state index in [2.05, 4.69) is 18.8 Å². The Hall–Kier alpha value is -1.47. The van der Waals surface area contributed by atoms with Crippen LogP contribution in [0.1, 0.15) is 54.5 Å². The molecule has 0 radical (unpaired) electrons. The van der Waals surface area contributed by atoms with Crippen LogP contribution in [0, 0.1) is 5.92 Å². The molecule has 0 bridgehead atoms. The molecule has 2 N–H and O–H groups in total. The number of thiazole rings is 1. The zero-order valence-electron chi connectivity index (χ0n) is 14.4. The van der Waals surface area contributed by atoms with Crippen molar-refractivity contribution in [3.05, 3.63) is 16.1 Å². The smallest absolute Gasteiger partial charge is 0.273 e. The molecule has 2 amide bonds. The van der Waals surface area contributed by atoms with E-state index in [0.717, 1.165) is 17.8 Å². The summed E-state index contributed by atoms with van der Waals surface area (Å²) < 4.78 is 0. The van der Waals surface area contributed by atoms with Gasteiger partial charge in [0.1, 0.15) is 5.69 Å². The molecule has 2 aliphatic heterocycles. The third-order valence-electron chi connectivity index (χ3n) is 5.04. The number of hydrogen-bond donors (Lipinski definition) is 1. The van der Waals surface area contributed by atoms with E-state index in [-0.39, 0.29) is 17.9 Å². The van der Waals surface area contributed by atoms with E-state index in [1.165, 1.54) is 0 Å². The van der Waals surface area contributed by atoms with E-state index in [9.17, 15) is 9.59 Å². The fourth-order valence-corrected chi connectivity index (χ4v) is 4.59. The van der Waals surface area contributed by atoms with Crippen molar-refractivity contribution in [2.45, 2.75) is 45.1 Å². The van der Waals surface area contributed by atoms with Crippen LogP contribution in [0.25, 0.3) is 0 Å². The first-order valence-corrected chi connectivity index (χ1v) is 9.63. The molecule has 2 aliphatic rings. The Morgan fingerprint density at radius 1 is 1.46 bits per heavy atom. The Bertz CT molecular complexity index is 615. The van der Waals surface area contributed by atoms with Gasteiger partial charge in [-0.3, -0.25) is 9.59 Å². The van der Waals surface area contributed by atoms with Crippen molar-refractivity contribution in [1.82, 2.24) is 14.8 Å². The highest BCUT2D eigenvalue weighted by Crippen LogP contribution is 2.32. The first-order chi connectivity index (χ1) is 11.5. The lowest BCUT2D eigenvalue weighted by molar-refractivity contribution is -0.140. The number of carbonyl (C=O) groups is 2. The molecule has 3 heterocycles. The van der Waals surface area contributed by atoms with Crippen molar-refractivity contribution in [1.29, 1.82) is 0 Å². The Labute approximate surface area is 147 Å². The maximum Gasteiger partial charge on any atom is 0.273 e. The molecule has 1 aromatic rings. The van der Waals surface area contributed by atoms with Gasteiger partial charge in [-0.25, -0.2) is 4.98 Å². The highest BCUT2D eigenvalue weighted by Gasteiger charge is 2.40. The molecular weight excluding hydrogens is 324 g/mol. The first-order valence-electron chi connectivity index (χ1n) is 8.75. The standard InChI is InChI=1S/C17H26N4O2S/c1-11(2)16-19-13(10-24-16)17(23)20-7-5-14-12(9-20)3-4-15(22)21(14)8-6-18/h10-12,14H,3-9,18H2,1-2H3. The molecular formula is C17H26N4O2S. The summed E-state index contributed by atoms with van der Waals surface area (Å²) in [5.74, 6) is 0.938. The minimum atomic E-state index is 0.0267. The van der Waals surface area contributed by atoms with Gasteiger partial charge in [-0.1, -0.05) is 13.8 Å². The average Bonchev–Trinajstić information content (AvgIpc) is 3.07. The second kappa shape index (κ2) is 7.19. The average molecular weight is 350 g/mol. The number of rotatable bonds is 4. The van der Waals surface area contributed by atoms with Crippen molar-refractivity contribution in [2.24, 2.45) is 11.7 Å². The number of nitrogens with zero attached hydrogens (tertiary/aromatic N) is 3. The normalized spacial score (nSPS) is 24.4. The zero-order chi connectivity index (χ0) is 17.3. The highest BCUT2D eigenvalue weighted by molar-refractivity contribution is 7.09. The molecule has 2 unspecified atom stereocenters. The molecule has 1 aromatic heterocycles. The van der Waals surface area contributed by atoms with Gasteiger partial charge < -0.3 is 15.5 Å². The Morgan fingerprint density at radius 3 is 2.92 bits per heavy atom. The van der Waals surface area contributed by atoms with E-state index in [1.54, 1.807) is 11.3 Å². The number of carbonyl (C=O) groups excluding carboxylic acids is 2. The predicted octanol–water partition coefficient (Wildman–Crippen LogP) is 1.68. The van der Waals surface area contributed by atoms with Gasteiger partial charge in [-0.15, -0.1) is 11.3 Å². The zero-order valence-corrected chi connectivity index (χ0v) is 15.2. The quantitative estimate of drug-likeness (QED) is 0.896. The third-order valence-corrected chi connectivity index (χ3v) is 6.18. The van der Waals surface area contributed by atoms with Gasteiger partial charge in [-0.05, 0) is 18.8 Å². The Kier molecular flexibility index (Phi) is 5.20. The molecule has 24 heavy (non-hydrogen) atoms. The summed E-state index contributed by atoms with van der Waals surface area (Å²) in [6.07, 6.45) is 2.27. The summed E-state index contributed by atoms with van der Waals surface area (Å²) in [5, 5.41) is 2.88. The van der Waals surface area contributed by atoms with E-state index in [0.29, 0.717) is 50.1 Å². The molecule has 2 fully saturated rings. The van der Waals surface area contributed by atoms with E-state index >= 15 is 0 Å². The summed E-state index contributed by atoms with van der Waals surface area (Å²) >= 11 is 1.55. The SMILES string of the molecule is CC(C)c1nc(C(=O)N2CCC3C(CCC(=O)N3CCN)C2)cs1. The minimum absolute atomic E-state index is 0.0267. The summed E-state index contributed by atoms with van der Waals surface area (Å²) in [5.41, 5.74) is 6.22. The first kappa shape index (κ1) is 17.4. The molecule has 0 aromatic carbocycles. The second-order valence-corrected chi connectivity index (χ2v) is 7.90. The van der Waals surface area contributed by atoms with Crippen LogP contribution in [-0.2, 0) is 4.79 Å². The molecule has 0 saturated carbocycles. The number of amides is 2. The summed E-state index contributed by atoms with van der Waals surface area (Å²) in [4.78, 5) is 33.2. The summed E-state index contributed by atoms with van der Waals surface area (Å²) in [6.45, 7) is 6.69. The largest absolute Gasteiger partial charge is 0.338 e. The monoisotopic (exact) mass is 350 g/mol. The molecule has 2 saturated heterocycles. The number of fused-ring (bicyclic) bond motifs is 1. The highest BCUT2D eigenvalue weighted by atomic mass is 32.1. The fourth-order valence-electron chi connectivity index (χ4n) is 3.78. The topological polar surface area (TPSA) is 79.5 Å². The van der Waals surface area contributed by atoms with E-state index in [1.807, 2.05) is 15.2 Å². The second-order valence-electron chi connectivity index (χ2n) is 7.01. The van der Waals surface area contributed by atoms with Gasteiger partial charge in [0.2, 0.25) is 5.91 Å². The van der Waals surface area contributed by atoms with Crippen LogP contribution in [-0.4, -0.2) is 58.8 Å². The van der Waals surface area contributed by atoms with Crippen LogP contribution in [0.2, 0.25) is 0 Å². The molecule has 132 valence electrons. The molecule has 0 aliphatic carbocycles. The Morgan fingerprint density at radius 2 is 2.25 bits per heavy atom. The number of aromatic nitrogens is 1. The van der Waals surface area contributed by atoms with Gasteiger partial charge in [-0.2, -0.15) is 0 Å². The van der Waals surface area contributed by atoms with E-state index in [4.69, 9.17) is 5.73 Å². The number of likely N-dealkylation sites (tertiary alicyclic amines) is 2. The molecule has 0 spiro atoms. The van der Waals surface area contributed by atoms with Gasteiger partial charge in [0.15, 0.2) is 0 Å². The molecule has 6 nitrogen and oxygen atoms in total. The van der Waals surface area contributed by atoms with Gasteiger partial charge in [0.25, 0.3) is 5.91 Å². The van der Waals surface area contributed by atoms with Crippen molar-refractivity contribution < 1.29 is 9.59 Å². The van der Waals surface area contributed by atoms with Gasteiger partial charge >= 0.3 is 0 Å². The van der Waals surface area contributed by atoms with Crippen molar-refractivity contribution in [3.8, 4) is 0 Å². The number of nitrogens with two attached hydrogens (primary N) is 1. The lowest BCUT2D eigenvalue weighted by atomic mass is 9.83. The maximum atomic E-state index is 12.8. The van der Waals surface area contributed by atoms with Crippen LogP contribution >= 0.6 is 11.3 Å². The molecule has 3 rings (SSSR count). The number of piperidine rings is 2. The van der Waals surface area contributed by atoms with Crippen LogP contribution in [0.5, 0.6) is 0 Å². The lowest BCUT2D eigenvalue weighted by Gasteiger charge is -2.46. The maximum absolute atomic E-state index is 12.8. The van der Waals surface area contributed by atoms with Crippen molar-refractivity contribution >= 4 is 23.2 Å². The van der Waals surface area contributed by atoms with Crippen LogP contribution in [0.15, 0.2) is 5.38 Å². The van der Waals surface area contributed by atoms with Crippen LogP contribution in [0.3, 0.4) is 0 Å². The van der Waals surface area contributed by atoms with Crippen LogP contribution < -0.4 is 5.73 Å². The third kappa shape index (κ3) is 3.32. The lowest BCUT2D eigenvalue weighted by Crippen LogP contribution is -2.57. The molecule has 2 atom stereocenters. The minimum Gasteiger partial charge on any atom is -0.338 e. The Balaban J connectivity index is 1.68. The predicted molar refractivity (Wildman–Crippen MR) is 94.0 cm³/mol. The van der Waals surface area contributed by atoms with Gasteiger partial charge in [0.05, 0.1) is 5.01 Å². The van der Waals surface area contributed by atoms with Crippen molar-refractivity contribution in [3.63, 3.8) is 0 Å². The number of hydrogen-bond acceptors (Lipinski definition) is 5. The summed E-state index contributed by atoms with van der Waals surface area (Å²) in [6, 6.07) is 0.237. The van der Waals surface area contributed by atoms with Crippen LogP contribution in [0.4, 0.5) is 0 Å². The van der Waals surface area contributed by atoms with E-state index < -0.39 is 0 Å². The van der Waals surface area contributed by atoms with Gasteiger partial charge in [0, 0.05) is 49.9 Å². The summed E-state index contributed by atoms with van der Waals surface area (Å²) in [7, 11) is 0.